The van der Waals surface area contributed by atoms with Crippen molar-refractivity contribution in [2.45, 2.75) is 31.2 Å². The third kappa shape index (κ3) is 4.73. The number of nitrogens with zero attached hydrogens (tertiary/aromatic N) is 5. The molecule has 0 N–H and O–H groups in total. The zero-order chi connectivity index (χ0) is 22.7. The number of rotatable bonds is 6. The maximum absolute atomic E-state index is 13.0. The molecule has 1 saturated heterocycles. The van der Waals surface area contributed by atoms with Crippen molar-refractivity contribution in [2.24, 2.45) is 0 Å². The van der Waals surface area contributed by atoms with Crippen LogP contribution in [0.2, 0.25) is 0 Å². The highest BCUT2D eigenvalue weighted by atomic mass is 32.2. The maximum atomic E-state index is 13.0. The first-order valence-electron chi connectivity index (χ1n) is 10.7. The Morgan fingerprint density at radius 1 is 0.969 bits per heavy atom. The van der Waals surface area contributed by atoms with Crippen LogP contribution in [0.5, 0.6) is 0 Å². The lowest BCUT2D eigenvalue weighted by molar-refractivity contribution is 0.0698. The lowest BCUT2D eigenvalue weighted by Crippen LogP contribution is -2.50. The van der Waals surface area contributed by atoms with E-state index >= 15 is 0 Å². The third-order valence-electron chi connectivity index (χ3n) is 5.72. The zero-order valence-electron chi connectivity index (χ0n) is 18.3. The van der Waals surface area contributed by atoms with Crippen molar-refractivity contribution in [3.8, 4) is 0 Å². The van der Waals surface area contributed by atoms with Gasteiger partial charge in [-0.2, -0.15) is 9.40 Å². The van der Waals surface area contributed by atoms with Gasteiger partial charge in [0, 0.05) is 31.7 Å². The maximum Gasteiger partial charge on any atom is 0.253 e. The summed E-state index contributed by atoms with van der Waals surface area (Å²) in [6.45, 7) is 6.03. The molecule has 4 rings (SSSR count). The van der Waals surface area contributed by atoms with Gasteiger partial charge in [-0.1, -0.05) is 38.1 Å². The molecule has 0 bridgehead atoms. The normalized spacial score (nSPS) is 15.3. The molecule has 2 heterocycles. The van der Waals surface area contributed by atoms with Gasteiger partial charge in [-0.25, -0.2) is 18.1 Å². The van der Waals surface area contributed by atoms with Gasteiger partial charge in [-0.05, 0) is 41.3 Å². The van der Waals surface area contributed by atoms with Crippen LogP contribution in [-0.4, -0.2) is 64.5 Å². The molecule has 1 aliphatic rings. The largest absolute Gasteiger partial charge is 0.336 e. The van der Waals surface area contributed by atoms with E-state index in [1.807, 2.05) is 24.3 Å². The van der Waals surface area contributed by atoms with E-state index in [2.05, 4.69) is 23.9 Å². The average molecular weight is 454 g/mol. The van der Waals surface area contributed by atoms with Gasteiger partial charge < -0.3 is 4.90 Å². The Bertz CT molecular complexity index is 1150. The first-order chi connectivity index (χ1) is 15.3. The second-order valence-corrected chi connectivity index (χ2v) is 10.1. The lowest BCUT2D eigenvalue weighted by atomic mass is 10.0. The van der Waals surface area contributed by atoms with Crippen LogP contribution in [0, 0.1) is 0 Å². The number of sulfonamides is 1. The van der Waals surface area contributed by atoms with Crippen LogP contribution < -0.4 is 0 Å². The van der Waals surface area contributed by atoms with Crippen LogP contribution in [0.25, 0.3) is 0 Å². The van der Waals surface area contributed by atoms with Crippen LogP contribution in [0.15, 0.2) is 66.1 Å². The number of amides is 1. The second-order valence-electron chi connectivity index (χ2n) is 8.21. The summed E-state index contributed by atoms with van der Waals surface area (Å²) < 4.78 is 29.2. The van der Waals surface area contributed by atoms with Gasteiger partial charge in [0.15, 0.2) is 0 Å². The van der Waals surface area contributed by atoms with Crippen LogP contribution in [0.4, 0.5) is 0 Å². The summed E-state index contributed by atoms with van der Waals surface area (Å²) in [5.41, 5.74) is 2.71. The van der Waals surface area contributed by atoms with Gasteiger partial charge in [0.1, 0.15) is 12.7 Å². The van der Waals surface area contributed by atoms with E-state index in [-0.39, 0.29) is 19.0 Å². The molecule has 0 unspecified atom stereocenters. The molecule has 2 aromatic carbocycles. The van der Waals surface area contributed by atoms with Crippen molar-refractivity contribution in [3.63, 3.8) is 0 Å². The van der Waals surface area contributed by atoms with Crippen LogP contribution in [-0.2, 0) is 16.6 Å². The fourth-order valence-corrected chi connectivity index (χ4v) is 5.16. The predicted molar refractivity (Wildman–Crippen MR) is 121 cm³/mol. The van der Waals surface area contributed by atoms with Crippen molar-refractivity contribution in [1.29, 1.82) is 0 Å². The molecule has 32 heavy (non-hydrogen) atoms. The number of hydrogen-bond acceptors (Lipinski definition) is 5. The minimum absolute atomic E-state index is 0.0874. The van der Waals surface area contributed by atoms with Gasteiger partial charge in [0.2, 0.25) is 10.0 Å². The van der Waals surface area contributed by atoms with Crippen molar-refractivity contribution in [3.05, 3.63) is 77.9 Å². The standard InChI is InChI=1S/C23H27N5O3S/c1-18(2)20-7-9-22(10-8-20)32(30,31)28-13-11-26(12-14-28)23(29)21-5-3-19(4-6-21)15-27-17-24-16-25-27/h3-10,16-18H,11-15H2,1-2H3. The number of carbonyl (C=O) groups is 1. The van der Waals surface area contributed by atoms with Gasteiger partial charge >= 0.3 is 0 Å². The van der Waals surface area contributed by atoms with Gasteiger partial charge in [0.25, 0.3) is 5.91 Å². The molecular weight excluding hydrogens is 426 g/mol. The number of carbonyl (C=O) groups excluding carboxylic acids is 1. The predicted octanol–water partition coefficient (Wildman–Crippen LogP) is 2.60. The highest BCUT2D eigenvalue weighted by molar-refractivity contribution is 7.89. The molecule has 9 heteroatoms. The summed E-state index contributed by atoms with van der Waals surface area (Å²) in [5.74, 6) is 0.258. The Morgan fingerprint density at radius 2 is 1.62 bits per heavy atom. The lowest BCUT2D eigenvalue weighted by Gasteiger charge is -2.34. The Labute approximate surface area is 188 Å². The highest BCUT2D eigenvalue weighted by Crippen LogP contribution is 2.22. The Balaban J connectivity index is 1.37. The van der Waals surface area contributed by atoms with E-state index < -0.39 is 10.0 Å². The molecule has 0 saturated carbocycles. The van der Waals surface area contributed by atoms with Crippen molar-refractivity contribution in [2.75, 3.05) is 26.2 Å². The molecule has 168 valence electrons. The smallest absolute Gasteiger partial charge is 0.253 e. The van der Waals surface area contributed by atoms with Crippen molar-refractivity contribution >= 4 is 15.9 Å². The minimum Gasteiger partial charge on any atom is -0.336 e. The summed E-state index contributed by atoms with van der Waals surface area (Å²) in [7, 11) is -3.57. The summed E-state index contributed by atoms with van der Waals surface area (Å²) >= 11 is 0. The third-order valence-corrected chi connectivity index (χ3v) is 7.64. The number of benzene rings is 2. The SMILES string of the molecule is CC(C)c1ccc(S(=O)(=O)N2CCN(C(=O)c3ccc(Cn4cncn4)cc3)CC2)cc1. The molecule has 0 spiro atoms. The van der Waals surface area contributed by atoms with Crippen LogP contribution >= 0.6 is 0 Å². The topological polar surface area (TPSA) is 88.4 Å². The molecule has 8 nitrogen and oxygen atoms in total. The molecule has 1 fully saturated rings. The average Bonchev–Trinajstić information content (AvgIpc) is 3.32. The first kappa shape index (κ1) is 22.2. The number of piperazine rings is 1. The van der Waals surface area contributed by atoms with E-state index in [4.69, 9.17) is 0 Å². The highest BCUT2D eigenvalue weighted by Gasteiger charge is 2.30. The van der Waals surface area contributed by atoms with E-state index in [9.17, 15) is 13.2 Å². The van der Waals surface area contributed by atoms with Gasteiger partial charge in [0.05, 0.1) is 11.4 Å². The van der Waals surface area contributed by atoms with E-state index in [1.54, 1.807) is 40.2 Å². The molecule has 0 aliphatic carbocycles. The van der Waals surface area contributed by atoms with E-state index in [0.717, 1.165) is 11.1 Å². The van der Waals surface area contributed by atoms with Gasteiger partial charge in [-0.3, -0.25) is 4.79 Å². The summed E-state index contributed by atoms with van der Waals surface area (Å²) in [6, 6.07) is 14.5. The molecule has 0 radical (unpaired) electrons. The Hall–Kier alpha value is -3.04. The fourth-order valence-electron chi connectivity index (χ4n) is 3.74. The molecule has 0 atom stereocenters. The second kappa shape index (κ2) is 9.22. The summed E-state index contributed by atoms with van der Waals surface area (Å²) in [4.78, 5) is 18.8. The quantitative estimate of drug-likeness (QED) is 0.572. The van der Waals surface area contributed by atoms with E-state index in [0.29, 0.717) is 36.0 Å². The molecular formula is C23H27N5O3S. The summed E-state index contributed by atoms with van der Waals surface area (Å²) in [5, 5.41) is 4.08. The fraction of sp³-hybridized carbons (Fsp3) is 0.348. The Kier molecular flexibility index (Phi) is 6.38. The molecule has 1 aromatic heterocycles. The number of aromatic nitrogens is 3. The minimum atomic E-state index is -3.57. The van der Waals surface area contributed by atoms with Crippen molar-refractivity contribution in [1.82, 2.24) is 24.0 Å². The molecule has 3 aromatic rings. The first-order valence-corrected chi connectivity index (χ1v) is 12.1. The van der Waals surface area contributed by atoms with E-state index in [1.165, 1.54) is 10.6 Å². The Morgan fingerprint density at radius 3 is 2.19 bits per heavy atom. The molecule has 1 amide bonds. The van der Waals surface area contributed by atoms with Crippen LogP contribution in [0.1, 0.15) is 41.3 Å². The zero-order valence-corrected chi connectivity index (χ0v) is 19.1. The number of hydrogen-bond donors (Lipinski definition) is 0. The summed E-state index contributed by atoms with van der Waals surface area (Å²) in [6.07, 6.45) is 3.13. The van der Waals surface area contributed by atoms with Crippen molar-refractivity contribution < 1.29 is 13.2 Å². The monoisotopic (exact) mass is 453 g/mol. The van der Waals surface area contributed by atoms with Gasteiger partial charge in [-0.15, -0.1) is 0 Å². The van der Waals surface area contributed by atoms with Crippen LogP contribution in [0.3, 0.4) is 0 Å². The molecule has 1 aliphatic heterocycles.